The molecule has 0 fully saturated rings. The molecule has 1 heterocycles. The second-order valence-corrected chi connectivity index (χ2v) is 6.12. The molecule has 4 heteroatoms. The van der Waals surface area contributed by atoms with E-state index in [1.54, 1.807) is 6.20 Å². The van der Waals surface area contributed by atoms with Crippen LogP contribution >= 0.6 is 11.6 Å². The Morgan fingerprint density at radius 3 is 2.10 bits per heavy atom. The maximum absolute atomic E-state index is 6.38. The Labute approximate surface area is 125 Å². The summed E-state index contributed by atoms with van der Waals surface area (Å²) in [5.74, 6) is 0.519. The molecule has 0 aliphatic rings. The molecule has 108 valence electrons. The lowest BCUT2D eigenvalue weighted by Gasteiger charge is -2.18. The highest BCUT2D eigenvalue weighted by Crippen LogP contribution is 2.29. The van der Waals surface area contributed by atoms with Crippen molar-refractivity contribution in [1.29, 1.82) is 0 Å². The van der Waals surface area contributed by atoms with Gasteiger partial charge in [0.05, 0.1) is 23.0 Å². The Hall–Kier alpha value is -1.32. The Balaban J connectivity index is 2.36. The lowest BCUT2D eigenvalue weighted by Crippen LogP contribution is -2.19. The van der Waals surface area contributed by atoms with Gasteiger partial charge in [0, 0.05) is 6.04 Å². The molecule has 0 radical (unpaired) electrons. The van der Waals surface area contributed by atoms with Crippen molar-refractivity contribution < 1.29 is 0 Å². The highest BCUT2D eigenvalue weighted by molar-refractivity contribution is 6.31. The van der Waals surface area contributed by atoms with Gasteiger partial charge >= 0.3 is 0 Å². The molecule has 0 spiro atoms. The Morgan fingerprint density at radius 2 is 1.60 bits per heavy atom. The van der Waals surface area contributed by atoms with Gasteiger partial charge < -0.3 is 5.73 Å². The van der Waals surface area contributed by atoms with Crippen LogP contribution in [0.1, 0.15) is 62.5 Å². The smallest absolute Gasteiger partial charge is 0.0837 e. The quantitative estimate of drug-likeness (QED) is 0.913. The second-order valence-electron chi connectivity index (χ2n) is 5.72. The topological polar surface area (TPSA) is 43.8 Å². The second kappa shape index (κ2) is 5.98. The molecule has 2 aromatic rings. The summed E-state index contributed by atoms with van der Waals surface area (Å²) < 4.78 is 1.89. The fourth-order valence-electron chi connectivity index (χ4n) is 2.30. The van der Waals surface area contributed by atoms with Gasteiger partial charge in [0.2, 0.25) is 0 Å². The molecule has 1 atom stereocenters. The van der Waals surface area contributed by atoms with Crippen LogP contribution < -0.4 is 5.73 Å². The van der Waals surface area contributed by atoms with Crippen LogP contribution in [0.5, 0.6) is 0 Å². The van der Waals surface area contributed by atoms with Crippen LogP contribution in [-0.2, 0) is 0 Å². The normalized spacial score (nSPS) is 13.2. The Kier molecular flexibility index (Phi) is 4.51. The monoisotopic (exact) mass is 291 g/mol. The van der Waals surface area contributed by atoms with Crippen molar-refractivity contribution in [3.63, 3.8) is 0 Å². The molecule has 1 unspecified atom stereocenters. The van der Waals surface area contributed by atoms with Gasteiger partial charge in [-0.1, -0.05) is 49.7 Å². The largest absolute Gasteiger partial charge is 0.319 e. The van der Waals surface area contributed by atoms with E-state index in [1.165, 1.54) is 5.56 Å². The van der Waals surface area contributed by atoms with Gasteiger partial charge in [-0.2, -0.15) is 5.10 Å². The average molecular weight is 292 g/mol. The van der Waals surface area contributed by atoms with E-state index in [4.69, 9.17) is 17.3 Å². The van der Waals surface area contributed by atoms with E-state index in [9.17, 15) is 0 Å². The van der Waals surface area contributed by atoms with Crippen LogP contribution in [0.15, 0.2) is 30.5 Å². The van der Waals surface area contributed by atoms with Crippen LogP contribution in [0.25, 0.3) is 0 Å². The van der Waals surface area contributed by atoms with Crippen molar-refractivity contribution in [2.75, 3.05) is 0 Å². The molecule has 0 bridgehead atoms. The summed E-state index contributed by atoms with van der Waals surface area (Å²) in [4.78, 5) is 0. The summed E-state index contributed by atoms with van der Waals surface area (Å²) >= 11 is 6.25. The SMILES string of the molecule is CC(C)c1ccc(C(N)c2c(Cl)cnn2C(C)C)cc1. The third kappa shape index (κ3) is 2.89. The summed E-state index contributed by atoms with van der Waals surface area (Å²) in [5.41, 5.74) is 9.62. The van der Waals surface area contributed by atoms with Crippen LogP contribution in [0.4, 0.5) is 0 Å². The minimum absolute atomic E-state index is 0.235. The zero-order valence-electron chi connectivity index (χ0n) is 12.5. The molecular formula is C16H22ClN3. The maximum Gasteiger partial charge on any atom is 0.0837 e. The molecule has 20 heavy (non-hydrogen) atoms. The fraction of sp³-hybridized carbons (Fsp3) is 0.438. The van der Waals surface area contributed by atoms with Gasteiger partial charge in [-0.3, -0.25) is 4.68 Å². The van der Waals surface area contributed by atoms with Crippen molar-refractivity contribution in [2.24, 2.45) is 5.73 Å². The van der Waals surface area contributed by atoms with E-state index in [1.807, 2.05) is 4.68 Å². The van der Waals surface area contributed by atoms with E-state index in [0.29, 0.717) is 10.9 Å². The van der Waals surface area contributed by atoms with Gasteiger partial charge in [-0.05, 0) is 30.9 Å². The number of aromatic nitrogens is 2. The minimum Gasteiger partial charge on any atom is -0.319 e. The Bertz CT molecular complexity index is 570. The first-order chi connectivity index (χ1) is 9.41. The highest BCUT2D eigenvalue weighted by Gasteiger charge is 2.20. The van der Waals surface area contributed by atoms with E-state index < -0.39 is 0 Å². The fourth-order valence-corrected chi connectivity index (χ4v) is 2.55. The highest BCUT2D eigenvalue weighted by atomic mass is 35.5. The van der Waals surface area contributed by atoms with E-state index >= 15 is 0 Å². The first-order valence-electron chi connectivity index (χ1n) is 7.00. The molecule has 2 N–H and O–H groups in total. The van der Waals surface area contributed by atoms with Gasteiger partial charge in [-0.25, -0.2) is 0 Å². The van der Waals surface area contributed by atoms with E-state index in [2.05, 4.69) is 57.1 Å². The summed E-state index contributed by atoms with van der Waals surface area (Å²) in [6.07, 6.45) is 1.67. The first-order valence-corrected chi connectivity index (χ1v) is 7.38. The van der Waals surface area contributed by atoms with Gasteiger partial charge in [0.15, 0.2) is 0 Å². The van der Waals surface area contributed by atoms with Crippen molar-refractivity contribution in [3.8, 4) is 0 Å². The number of hydrogen-bond acceptors (Lipinski definition) is 2. The zero-order chi connectivity index (χ0) is 14.9. The van der Waals surface area contributed by atoms with Gasteiger partial charge in [0.25, 0.3) is 0 Å². The van der Waals surface area contributed by atoms with Crippen molar-refractivity contribution in [3.05, 3.63) is 52.3 Å². The van der Waals surface area contributed by atoms with Crippen molar-refractivity contribution in [1.82, 2.24) is 9.78 Å². The summed E-state index contributed by atoms with van der Waals surface area (Å²) in [5, 5.41) is 4.94. The van der Waals surface area contributed by atoms with Crippen LogP contribution in [0, 0.1) is 0 Å². The predicted molar refractivity (Wildman–Crippen MR) is 84.2 cm³/mol. The number of nitrogens with two attached hydrogens (primary N) is 1. The molecule has 0 aliphatic heterocycles. The lowest BCUT2D eigenvalue weighted by molar-refractivity contribution is 0.499. The standard InChI is InChI=1S/C16H22ClN3/c1-10(2)12-5-7-13(8-6-12)15(18)16-14(17)9-19-20(16)11(3)4/h5-11,15H,18H2,1-4H3. The van der Waals surface area contributed by atoms with Crippen molar-refractivity contribution >= 4 is 11.6 Å². The number of rotatable bonds is 4. The van der Waals surface area contributed by atoms with Gasteiger partial charge in [0.1, 0.15) is 0 Å². The first kappa shape index (κ1) is 15.1. The van der Waals surface area contributed by atoms with Crippen LogP contribution in [0.2, 0.25) is 5.02 Å². The number of benzene rings is 1. The summed E-state index contributed by atoms with van der Waals surface area (Å²) in [7, 11) is 0. The van der Waals surface area contributed by atoms with E-state index in [0.717, 1.165) is 11.3 Å². The summed E-state index contributed by atoms with van der Waals surface area (Å²) in [6, 6.07) is 8.39. The molecule has 2 rings (SSSR count). The number of hydrogen-bond donors (Lipinski definition) is 1. The average Bonchev–Trinajstić information content (AvgIpc) is 2.80. The molecule has 0 saturated carbocycles. The van der Waals surface area contributed by atoms with Crippen LogP contribution in [-0.4, -0.2) is 9.78 Å². The molecule has 0 aliphatic carbocycles. The lowest BCUT2D eigenvalue weighted by atomic mass is 9.98. The molecule has 1 aromatic carbocycles. The molecule has 3 nitrogen and oxygen atoms in total. The molecular weight excluding hydrogens is 270 g/mol. The van der Waals surface area contributed by atoms with E-state index in [-0.39, 0.29) is 12.1 Å². The maximum atomic E-state index is 6.38. The molecule has 0 amide bonds. The van der Waals surface area contributed by atoms with Gasteiger partial charge in [-0.15, -0.1) is 0 Å². The molecule has 1 aromatic heterocycles. The van der Waals surface area contributed by atoms with Crippen molar-refractivity contribution in [2.45, 2.75) is 45.7 Å². The Morgan fingerprint density at radius 1 is 1.05 bits per heavy atom. The zero-order valence-corrected chi connectivity index (χ0v) is 13.2. The third-order valence-electron chi connectivity index (χ3n) is 3.53. The predicted octanol–water partition coefficient (Wildman–Crippen LogP) is 4.29. The third-order valence-corrected chi connectivity index (χ3v) is 3.82. The molecule has 0 saturated heterocycles. The van der Waals surface area contributed by atoms with Crippen LogP contribution in [0.3, 0.4) is 0 Å². The number of nitrogens with zero attached hydrogens (tertiary/aromatic N) is 2. The number of halogens is 1. The summed E-state index contributed by atoms with van der Waals surface area (Å²) in [6.45, 7) is 8.50. The minimum atomic E-state index is -0.256.